The summed E-state index contributed by atoms with van der Waals surface area (Å²) in [5, 5.41) is 13.5. The zero-order valence-electron chi connectivity index (χ0n) is 16.3. The number of rotatable bonds is 4. The van der Waals surface area contributed by atoms with Gasteiger partial charge in [-0.3, -0.25) is 4.79 Å². The van der Waals surface area contributed by atoms with Crippen molar-refractivity contribution in [2.24, 2.45) is 7.05 Å². The van der Waals surface area contributed by atoms with Gasteiger partial charge in [0.2, 0.25) is 0 Å². The van der Waals surface area contributed by atoms with Crippen LogP contribution in [0.15, 0.2) is 35.4 Å². The fraction of sp³-hybridized carbons (Fsp3) is 0.300. The summed E-state index contributed by atoms with van der Waals surface area (Å²) in [6.45, 7) is 2.41. The van der Waals surface area contributed by atoms with Crippen LogP contribution in [-0.2, 0) is 34.0 Å². The second-order valence-electron chi connectivity index (χ2n) is 7.42. The van der Waals surface area contributed by atoms with Gasteiger partial charge in [-0.15, -0.1) is 0 Å². The lowest BCUT2D eigenvalue weighted by atomic mass is 9.98. The SMILES string of the molecule is CCn1cc2c3c(cn(C)c(=O)c31)-c1cc(CS(C)(=O)=O)ccc1NC2C(=O)O. The molecule has 9 heteroatoms. The van der Waals surface area contributed by atoms with Crippen molar-refractivity contribution in [1.29, 1.82) is 0 Å². The molecule has 8 nitrogen and oxygen atoms in total. The standard InChI is InChI=1S/C20H21N3O5S/c1-4-23-9-14-16-13(8-22(2)19(24)18(16)23)12-7-11(10-29(3,27)28)5-6-15(12)21-17(14)20(25)26/h5-9,17,21H,4,10H2,1-3H3,(H,25,26). The van der Waals surface area contributed by atoms with Crippen molar-refractivity contribution in [3.8, 4) is 11.1 Å². The number of nitrogens with zero attached hydrogens (tertiary/aromatic N) is 2. The Kier molecular flexibility index (Phi) is 4.30. The number of pyridine rings is 1. The summed E-state index contributed by atoms with van der Waals surface area (Å²) in [5.41, 5.74) is 3.29. The fourth-order valence-corrected chi connectivity index (χ4v) is 4.79. The highest BCUT2D eigenvalue weighted by Gasteiger charge is 2.31. The van der Waals surface area contributed by atoms with Crippen LogP contribution in [0.25, 0.3) is 22.0 Å². The highest BCUT2D eigenvalue weighted by Crippen LogP contribution is 2.42. The molecular weight excluding hydrogens is 394 g/mol. The molecule has 2 N–H and O–H groups in total. The second kappa shape index (κ2) is 6.48. The molecule has 0 radical (unpaired) electrons. The van der Waals surface area contributed by atoms with Gasteiger partial charge in [-0.05, 0) is 24.6 Å². The van der Waals surface area contributed by atoms with Gasteiger partial charge in [0.05, 0.1) is 5.75 Å². The molecule has 1 aliphatic rings. The van der Waals surface area contributed by atoms with Crippen molar-refractivity contribution in [3.63, 3.8) is 0 Å². The molecule has 1 aliphatic heterocycles. The third-order valence-corrected chi connectivity index (χ3v) is 6.08. The Morgan fingerprint density at radius 1 is 1.24 bits per heavy atom. The Bertz CT molecular complexity index is 1330. The van der Waals surface area contributed by atoms with E-state index in [9.17, 15) is 23.1 Å². The number of anilines is 1. The van der Waals surface area contributed by atoms with Gasteiger partial charge in [-0.2, -0.15) is 0 Å². The van der Waals surface area contributed by atoms with Gasteiger partial charge in [0, 0.05) is 60.0 Å². The van der Waals surface area contributed by atoms with Crippen LogP contribution in [0.2, 0.25) is 0 Å². The molecule has 2 aromatic heterocycles. The maximum Gasteiger partial charge on any atom is 0.330 e. The maximum absolute atomic E-state index is 12.9. The van der Waals surface area contributed by atoms with Crippen LogP contribution >= 0.6 is 0 Å². The molecular formula is C20H21N3O5S. The molecule has 4 rings (SSSR count). The minimum absolute atomic E-state index is 0.125. The van der Waals surface area contributed by atoms with Crippen LogP contribution in [0.3, 0.4) is 0 Å². The molecule has 1 unspecified atom stereocenters. The van der Waals surface area contributed by atoms with E-state index >= 15 is 0 Å². The van der Waals surface area contributed by atoms with Crippen LogP contribution in [0.4, 0.5) is 5.69 Å². The highest BCUT2D eigenvalue weighted by molar-refractivity contribution is 7.89. The number of hydrogen-bond donors (Lipinski definition) is 2. The summed E-state index contributed by atoms with van der Waals surface area (Å²) in [6.07, 6.45) is 4.56. The molecule has 1 aromatic carbocycles. The zero-order valence-corrected chi connectivity index (χ0v) is 17.1. The van der Waals surface area contributed by atoms with Gasteiger partial charge in [-0.25, -0.2) is 13.2 Å². The van der Waals surface area contributed by atoms with Gasteiger partial charge >= 0.3 is 5.97 Å². The van der Waals surface area contributed by atoms with E-state index in [4.69, 9.17) is 0 Å². The van der Waals surface area contributed by atoms with Crippen LogP contribution in [0.1, 0.15) is 24.1 Å². The molecule has 0 fully saturated rings. The van der Waals surface area contributed by atoms with Crippen molar-refractivity contribution >= 4 is 32.4 Å². The topological polar surface area (TPSA) is 110 Å². The first-order valence-corrected chi connectivity index (χ1v) is 11.2. The van der Waals surface area contributed by atoms with E-state index in [1.807, 2.05) is 6.92 Å². The summed E-state index contributed by atoms with van der Waals surface area (Å²) in [6, 6.07) is 4.09. The summed E-state index contributed by atoms with van der Waals surface area (Å²) < 4.78 is 26.8. The third kappa shape index (κ3) is 3.11. The van der Waals surface area contributed by atoms with Crippen LogP contribution in [-0.4, -0.2) is 34.9 Å². The number of hydrogen-bond acceptors (Lipinski definition) is 5. The highest BCUT2D eigenvalue weighted by atomic mass is 32.2. The van der Waals surface area contributed by atoms with Crippen molar-refractivity contribution in [2.45, 2.75) is 25.3 Å². The average molecular weight is 415 g/mol. The molecule has 3 aromatic rings. The predicted octanol–water partition coefficient (Wildman–Crippen LogP) is 2.12. The number of carboxylic acid groups (broad SMARTS) is 1. The minimum Gasteiger partial charge on any atom is -0.479 e. The summed E-state index contributed by atoms with van der Waals surface area (Å²) in [4.78, 5) is 24.9. The lowest BCUT2D eigenvalue weighted by Crippen LogP contribution is -2.19. The van der Waals surface area contributed by atoms with Gasteiger partial charge < -0.3 is 19.6 Å². The number of aryl methyl sites for hydroxylation is 2. The molecule has 0 spiro atoms. The van der Waals surface area contributed by atoms with E-state index in [-0.39, 0.29) is 11.3 Å². The maximum atomic E-state index is 12.9. The summed E-state index contributed by atoms with van der Waals surface area (Å²) in [5.74, 6) is -1.18. The quantitative estimate of drug-likeness (QED) is 0.675. The molecule has 1 atom stereocenters. The van der Waals surface area contributed by atoms with E-state index in [1.165, 1.54) is 10.8 Å². The van der Waals surface area contributed by atoms with E-state index in [2.05, 4.69) is 5.32 Å². The molecule has 152 valence electrons. The Hall–Kier alpha value is -3.07. The number of sulfone groups is 1. The first-order chi connectivity index (χ1) is 13.6. The number of nitrogens with one attached hydrogen (secondary N) is 1. The minimum atomic E-state index is -3.24. The molecule has 0 amide bonds. The number of aromatic nitrogens is 2. The Morgan fingerprint density at radius 3 is 2.59 bits per heavy atom. The van der Waals surface area contributed by atoms with Gasteiger partial charge in [0.1, 0.15) is 5.52 Å². The van der Waals surface area contributed by atoms with Gasteiger partial charge in [0.15, 0.2) is 15.9 Å². The Morgan fingerprint density at radius 2 is 1.97 bits per heavy atom. The first-order valence-electron chi connectivity index (χ1n) is 9.13. The smallest absolute Gasteiger partial charge is 0.330 e. The van der Waals surface area contributed by atoms with E-state index in [1.54, 1.807) is 42.2 Å². The second-order valence-corrected chi connectivity index (χ2v) is 9.56. The predicted molar refractivity (Wildman–Crippen MR) is 111 cm³/mol. The van der Waals surface area contributed by atoms with E-state index in [0.29, 0.717) is 45.4 Å². The van der Waals surface area contributed by atoms with Crippen molar-refractivity contribution in [1.82, 2.24) is 9.13 Å². The lowest BCUT2D eigenvalue weighted by molar-refractivity contribution is -0.138. The number of carbonyl (C=O) groups is 1. The average Bonchev–Trinajstić information content (AvgIpc) is 2.95. The molecule has 0 saturated heterocycles. The summed E-state index contributed by atoms with van der Waals surface area (Å²) >= 11 is 0. The third-order valence-electron chi connectivity index (χ3n) is 5.22. The molecule has 0 bridgehead atoms. The first kappa shape index (κ1) is 19.3. The number of carboxylic acids is 1. The van der Waals surface area contributed by atoms with Crippen molar-refractivity contribution in [2.75, 3.05) is 11.6 Å². The molecule has 29 heavy (non-hydrogen) atoms. The monoisotopic (exact) mass is 415 g/mol. The Labute approximate surface area is 167 Å². The lowest BCUT2D eigenvalue weighted by Gasteiger charge is -2.16. The normalized spacial score (nSPS) is 15.6. The van der Waals surface area contributed by atoms with Crippen molar-refractivity contribution in [3.05, 3.63) is 52.1 Å². The fourth-order valence-electron chi connectivity index (χ4n) is 4.01. The zero-order chi connectivity index (χ0) is 21.1. The molecule has 3 heterocycles. The van der Waals surface area contributed by atoms with Crippen LogP contribution < -0.4 is 10.9 Å². The number of fused-ring (bicyclic) bond motifs is 2. The number of benzene rings is 1. The van der Waals surface area contributed by atoms with Gasteiger partial charge in [0.25, 0.3) is 5.56 Å². The van der Waals surface area contributed by atoms with Crippen LogP contribution in [0.5, 0.6) is 0 Å². The molecule has 0 aliphatic carbocycles. The number of aliphatic carboxylic acids is 1. The summed E-state index contributed by atoms with van der Waals surface area (Å²) in [7, 11) is -1.59. The van der Waals surface area contributed by atoms with Gasteiger partial charge in [-0.1, -0.05) is 6.07 Å². The van der Waals surface area contributed by atoms with E-state index in [0.717, 1.165) is 0 Å². The molecule has 0 saturated carbocycles. The van der Waals surface area contributed by atoms with Crippen LogP contribution in [0, 0.1) is 0 Å². The Balaban J connectivity index is 2.12. The van der Waals surface area contributed by atoms with Crippen molar-refractivity contribution < 1.29 is 18.3 Å². The van der Waals surface area contributed by atoms with E-state index < -0.39 is 21.8 Å². The largest absolute Gasteiger partial charge is 0.479 e.